The fourth-order valence-electron chi connectivity index (χ4n) is 3.01. The third kappa shape index (κ3) is 7.46. The lowest BCUT2D eigenvalue weighted by atomic mass is 9.96. The number of benzene rings is 1. The second kappa shape index (κ2) is 10.8. The van der Waals surface area contributed by atoms with Crippen molar-refractivity contribution in [3.05, 3.63) is 29.3 Å². The predicted octanol–water partition coefficient (Wildman–Crippen LogP) is 2.76. The fraction of sp³-hybridized carbons (Fsp3) is 0.526. The minimum absolute atomic E-state index is 0.0850. The van der Waals surface area contributed by atoms with Crippen LogP contribution in [0.4, 0.5) is 10.5 Å². The maximum Gasteiger partial charge on any atom is 0.315 e. The molecule has 0 bridgehead atoms. The number of amides is 4. The Labute approximate surface area is 164 Å². The van der Waals surface area contributed by atoms with Gasteiger partial charge in [0.2, 0.25) is 11.8 Å². The number of nitrogens with zero attached hydrogens (tertiary/aromatic N) is 1. The van der Waals surface area contributed by atoms with Gasteiger partial charge >= 0.3 is 6.03 Å². The molecule has 27 heavy (non-hydrogen) atoms. The number of para-hydroxylation sites is 1. The monoisotopic (exact) mass is 394 g/mol. The van der Waals surface area contributed by atoms with Crippen molar-refractivity contribution in [3.8, 4) is 0 Å². The zero-order valence-electron chi connectivity index (χ0n) is 15.6. The number of nitrogens with one attached hydrogen (secondary N) is 3. The molecule has 7 nitrogen and oxygen atoms in total. The molecule has 0 heterocycles. The minimum atomic E-state index is -0.332. The van der Waals surface area contributed by atoms with Crippen LogP contribution in [0.3, 0.4) is 0 Å². The quantitative estimate of drug-likeness (QED) is 0.664. The van der Waals surface area contributed by atoms with Gasteiger partial charge in [-0.25, -0.2) is 4.79 Å². The molecule has 0 saturated heterocycles. The average molecular weight is 395 g/mol. The van der Waals surface area contributed by atoms with Gasteiger partial charge in [0.05, 0.1) is 17.3 Å². The number of urea groups is 1. The van der Waals surface area contributed by atoms with Gasteiger partial charge in [-0.1, -0.05) is 43.0 Å². The molecule has 3 N–H and O–H groups in total. The lowest BCUT2D eigenvalue weighted by Gasteiger charge is -2.23. The van der Waals surface area contributed by atoms with Gasteiger partial charge in [0.25, 0.3) is 0 Å². The summed E-state index contributed by atoms with van der Waals surface area (Å²) in [5.74, 6) is -0.552. The van der Waals surface area contributed by atoms with Crippen molar-refractivity contribution < 1.29 is 14.4 Å². The van der Waals surface area contributed by atoms with Gasteiger partial charge in [-0.05, 0) is 25.0 Å². The highest BCUT2D eigenvalue weighted by Crippen LogP contribution is 2.20. The number of rotatable bonds is 7. The molecule has 0 aliphatic heterocycles. The molecule has 0 atom stereocenters. The van der Waals surface area contributed by atoms with Crippen LogP contribution >= 0.6 is 11.6 Å². The summed E-state index contributed by atoms with van der Waals surface area (Å²) in [5.41, 5.74) is 0.506. The van der Waals surface area contributed by atoms with Crippen molar-refractivity contribution in [3.63, 3.8) is 0 Å². The first-order valence-corrected chi connectivity index (χ1v) is 9.66. The highest BCUT2D eigenvalue weighted by atomic mass is 35.5. The number of anilines is 1. The zero-order valence-corrected chi connectivity index (χ0v) is 16.3. The van der Waals surface area contributed by atoms with Crippen LogP contribution in [0, 0.1) is 0 Å². The SMILES string of the molecule is CN(CC(=O)Nc1ccccc1Cl)C(=O)CCNC(=O)NC1CCCCC1. The lowest BCUT2D eigenvalue weighted by Crippen LogP contribution is -2.44. The number of halogens is 1. The van der Waals surface area contributed by atoms with Gasteiger partial charge in [0.1, 0.15) is 0 Å². The summed E-state index contributed by atoms with van der Waals surface area (Å²) in [6, 6.07) is 6.89. The van der Waals surface area contributed by atoms with E-state index in [4.69, 9.17) is 11.6 Å². The summed E-state index contributed by atoms with van der Waals surface area (Å²) in [5, 5.41) is 8.75. The first-order valence-electron chi connectivity index (χ1n) is 9.28. The van der Waals surface area contributed by atoms with E-state index in [-0.39, 0.29) is 43.4 Å². The number of carbonyl (C=O) groups excluding carboxylic acids is 3. The molecule has 1 fully saturated rings. The molecule has 148 valence electrons. The minimum Gasteiger partial charge on any atom is -0.338 e. The van der Waals surface area contributed by atoms with E-state index in [1.807, 2.05) is 0 Å². The predicted molar refractivity (Wildman–Crippen MR) is 106 cm³/mol. The van der Waals surface area contributed by atoms with Crippen LogP contribution in [0.5, 0.6) is 0 Å². The second-order valence-corrected chi connectivity index (χ2v) is 7.17. The second-order valence-electron chi connectivity index (χ2n) is 6.76. The van der Waals surface area contributed by atoms with Gasteiger partial charge < -0.3 is 20.9 Å². The van der Waals surface area contributed by atoms with E-state index in [1.54, 1.807) is 31.3 Å². The maximum absolute atomic E-state index is 12.1. The fourth-order valence-corrected chi connectivity index (χ4v) is 3.20. The molecule has 1 aliphatic rings. The Morgan fingerprint density at radius 2 is 1.85 bits per heavy atom. The first-order chi connectivity index (χ1) is 13.0. The van der Waals surface area contributed by atoms with Gasteiger partial charge in [0.15, 0.2) is 0 Å². The average Bonchev–Trinajstić information content (AvgIpc) is 2.64. The van der Waals surface area contributed by atoms with Gasteiger partial charge in [0, 0.05) is 26.1 Å². The first kappa shape index (κ1) is 21.0. The molecule has 1 saturated carbocycles. The van der Waals surface area contributed by atoms with E-state index in [0.29, 0.717) is 10.7 Å². The molecule has 0 unspecified atom stereocenters. The Morgan fingerprint density at radius 1 is 1.15 bits per heavy atom. The summed E-state index contributed by atoms with van der Waals surface area (Å²) >= 11 is 5.99. The molecular weight excluding hydrogens is 368 g/mol. The van der Waals surface area contributed by atoms with Crippen molar-refractivity contribution in [2.24, 2.45) is 0 Å². The van der Waals surface area contributed by atoms with Gasteiger partial charge in [-0.3, -0.25) is 9.59 Å². The van der Waals surface area contributed by atoms with E-state index in [0.717, 1.165) is 25.7 Å². The van der Waals surface area contributed by atoms with Crippen molar-refractivity contribution >= 4 is 35.1 Å². The topological polar surface area (TPSA) is 90.5 Å². The number of carbonyl (C=O) groups is 3. The molecule has 1 aromatic carbocycles. The largest absolute Gasteiger partial charge is 0.338 e. The molecule has 8 heteroatoms. The van der Waals surface area contributed by atoms with E-state index in [9.17, 15) is 14.4 Å². The Kier molecular flexibility index (Phi) is 8.39. The molecule has 0 spiro atoms. The van der Waals surface area contributed by atoms with Crippen LogP contribution in [0.15, 0.2) is 24.3 Å². The number of hydrogen-bond donors (Lipinski definition) is 3. The number of likely N-dealkylation sites (N-methyl/N-ethyl adjacent to an activating group) is 1. The van der Waals surface area contributed by atoms with Crippen LogP contribution in [-0.2, 0) is 9.59 Å². The highest BCUT2D eigenvalue weighted by Gasteiger charge is 2.17. The van der Waals surface area contributed by atoms with Crippen LogP contribution in [0.1, 0.15) is 38.5 Å². The molecule has 1 aromatic rings. The normalized spacial score (nSPS) is 14.3. The summed E-state index contributed by atoms with van der Waals surface area (Å²) < 4.78 is 0. The Hall–Kier alpha value is -2.28. The summed E-state index contributed by atoms with van der Waals surface area (Å²) in [7, 11) is 1.55. The van der Waals surface area contributed by atoms with Crippen LogP contribution in [0.25, 0.3) is 0 Å². The third-order valence-corrected chi connectivity index (χ3v) is 4.85. The standard InChI is InChI=1S/C19H27ClN4O3/c1-24(13-17(25)23-16-10-6-5-9-15(16)20)18(26)11-12-21-19(27)22-14-7-3-2-4-8-14/h5-6,9-10,14H,2-4,7-8,11-13H2,1H3,(H,23,25)(H2,21,22,27). The van der Waals surface area contributed by atoms with E-state index >= 15 is 0 Å². The summed E-state index contributed by atoms with van der Waals surface area (Å²) in [6.45, 7) is 0.145. The van der Waals surface area contributed by atoms with Crippen LogP contribution in [0.2, 0.25) is 5.02 Å². The Morgan fingerprint density at radius 3 is 2.56 bits per heavy atom. The molecule has 0 radical (unpaired) electrons. The molecule has 2 rings (SSSR count). The Balaban J connectivity index is 1.65. The van der Waals surface area contributed by atoms with Gasteiger partial charge in [-0.2, -0.15) is 0 Å². The summed E-state index contributed by atoms with van der Waals surface area (Å²) in [4.78, 5) is 37.3. The highest BCUT2D eigenvalue weighted by molar-refractivity contribution is 6.33. The van der Waals surface area contributed by atoms with Gasteiger partial charge in [-0.15, -0.1) is 0 Å². The lowest BCUT2D eigenvalue weighted by molar-refractivity contribution is -0.133. The van der Waals surface area contributed by atoms with Crippen LogP contribution < -0.4 is 16.0 Å². The van der Waals surface area contributed by atoms with E-state index < -0.39 is 0 Å². The van der Waals surface area contributed by atoms with E-state index in [2.05, 4.69) is 16.0 Å². The molecular formula is C19H27ClN4O3. The number of hydrogen-bond acceptors (Lipinski definition) is 3. The smallest absolute Gasteiger partial charge is 0.315 e. The molecule has 4 amide bonds. The Bertz CT molecular complexity index is 662. The van der Waals surface area contributed by atoms with Crippen molar-refractivity contribution in [1.82, 2.24) is 15.5 Å². The summed E-state index contributed by atoms with van der Waals surface area (Å²) in [6.07, 6.45) is 5.67. The van der Waals surface area contributed by atoms with Crippen molar-refractivity contribution in [1.29, 1.82) is 0 Å². The maximum atomic E-state index is 12.1. The van der Waals surface area contributed by atoms with Crippen molar-refractivity contribution in [2.45, 2.75) is 44.6 Å². The van der Waals surface area contributed by atoms with Crippen LogP contribution in [-0.4, -0.2) is 48.9 Å². The van der Waals surface area contributed by atoms with Crippen molar-refractivity contribution in [2.75, 3.05) is 25.5 Å². The molecule has 0 aromatic heterocycles. The van der Waals surface area contributed by atoms with E-state index in [1.165, 1.54) is 11.3 Å². The zero-order chi connectivity index (χ0) is 19.6. The molecule has 1 aliphatic carbocycles. The third-order valence-electron chi connectivity index (χ3n) is 4.52.